The predicted octanol–water partition coefficient (Wildman–Crippen LogP) is -0.597. The third-order valence-electron chi connectivity index (χ3n) is 2.63. The van der Waals surface area contributed by atoms with Crippen LogP contribution in [0.3, 0.4) is 0 Å². The number of hydrogen-bond donors (Lipinski definition) is 2. The van der Waals surface area contributed by atoms with Crippen LogP contribution in [0.25, 0.3) is 0 Å². The van der Waals surface area contributed by atoms with Gasteiger partial charge in [-0.25, -0.2) is 8.42 Å². The minimum Gasteiger partial charge on any atom is -0.409 e. The van der Waals surface area contributed by atoms with Gasteiger partial charge in [-0.2, -0.15) is 0 Å². The minimum atomic E-state index is -3.42. The molecule has 0 aliphatic carbocycles. The second-order valence-corrected chi connectivity index (χ2v) is 6.43. The maximum Gasteiger partial charge on any atom is 0.240 e. The molecule has 0 aromatic heterocycles. The maximum absolute atomic E-state index is 11.8. The molecule has 0 bridgehead atoms. The number of oxime groups is 1. The van der Waals surface area contributed by atoms with Gasteiger partial charge in [0.25, 0.3) is 0 Å². The second kappa shape index (κ2) is 5.85. The van der Waals surface area contributed by atoms with E-state index in [4.69, 9.17) is 10.9 Å². The Kier molecular flexibility index (Phi) is 5.40. The van der Waals surface area contributed by atoms with Crippen LogP contribution in [0.5, 0.6) is 0 Å². The first-order chi connectivity index (χ1) is 7.61. The van der Waals surface area contributed by atoms with Crippen molar-refractivity contribution in [2.24, 2.45) is 10.9 Å². The third kappa shape index (κ3) is 4.59. The van der Waals surface area contributed by atoms with Crippen LogP contribution in [0, 0.1) is 0 Å². The Hall–Kier alpha value is -1.31. The fraction of sp³-hybridized carbons (Fsp3) is 0.778. The smallest absolute Gasteiger partial charge is 0.240 e. The van der Waals surface area contributed by atoms with E-state index in [0.717, 1.165) is 6.26 Å². The topological polar surface area (TPSA) is 113 Å². The van der Waals surface area contributed by atoms with Crippen LogP contribution in [0.4, 0.5) is 0 Å². The molecule has 100 valence electrons. The van der Waals surface area contributed by atoms with Gasteiger partial charge in [0.2, 0.25) is 5.91 Å². The van der Waals surface area contributed by atoms with E-state index in [1.807, 2.05) is 0 Å². The Balaban J connectivity index is 4.72. The summed E-state index contributed by atoms with van der Waals surface area (Å²) in [5.74, 6) is -0.519. The fourth-order valence-corrected chi connectivity index (χ4v) is 1.70. The van der Waals surface area contributed by atoms with Gasteiger partial charge in [0, 0.05) is 25.8 Å². The van der Waals surface area contributed by atoms with Gasteiger partial charge in [-0.3, -0.25) is 4.79 Å². The van der Waals surface area contributed by atoms with E-state index in [1.54, 1.807) is 6.92 Å². The first-order valence-electron chi connectivity index (χ1n) is 5.03. The number of carbonyl (C=O) groups excluding carboxylic acids is 1. The molecule has 0 radical (unpaired) electrons. The Morgan fingerprint density at radius 3 is 2.29 bits per heavy atom. The lowest BCUT2D eigenvalue weighted by Crippen LogP contribution is -2.44. The maximum atomic E-state index is 11.8. The van der Waals surface area contributed by atoms with Crippen molar-refractivity contribution in [3.8, 4) is 0 Å². The summed E-state index contributed by atoms with van der Waals surface area (Å²) < 4.78 is 22.5. The van der Waals surface area contributed by atoms with Crippen LogP contribution in [0.2, 0.25) is 0 Å². The van der Waals surface area contributed by atoms with E-state index < -0.39 is 21.0 Å². The Labute approximate surface area is 101 Å². The third-order valence-corrected chi connectivity index (χ3v) is 4.12. The van der Waals surface area contributed by atoms with Gasteiger partial charge in [-0.05, 0) is 13.8 Å². The van der Waals surface area contributed by atoms with E-state index in [1.165, 1.54) is 18.9 Å². The zero-order valence-electron chi connectivity index (χ0n) is 10.4. The summed E-state index contributed by atoms with van der Waals surface area (Å²) in [6.07, 6.45) is 1.19. The molecule has 0 aromatic rings. The highest BCUT2D eigenvalue weighted by molar-refractivity contribution is 7.92. The van der Waals surface area contributed by atoms with Gasteiger partial charge in [0.1, 0.15) is 11.1 Å². The van der Waals surface area contributed by atoms with Crippen molar-refractivity contribution in [2.75, 3.05) is 13.3 Å². The van der Waals surface area contributed by atoms with Crippen LogP contribution in [0.1, 0.15) is 20.3 Å². The van der Waals surface area contributed by atoms with Crippen molar-refractivity contribution in [3.63, 3.8) is 0 Å². The standard InChI is InChI=1S/C9H19N3O4S/c1-6(5-8(10)11-14)12(3)9(13)7(2)17(4,15)16/h6-7,14H,5H2,1-4H3,(H2,10,11). The molecule has 0 saturated carbocycles. The van der Waals surface area contributed by atoms with Crippen molar-refractivity contribution < 1.29 is 18.4 Å². The second-order valence-electron chi connectivity index (χ2n) is 4.07. The summed E-state index contributed by atoms with van der Waals surface area (Å²) in [5, 5.41) is 10.1. The number of rotatable bonds is 5. The van der Waals surface area contributed by atoms with E-state index in [-0.39, 0.29) is 18.3 Å². The van der Waals surface area contributed by atoms with Gasteiger partial charge in [-0.15, -0.1) is 0 Å². The summed E-state index contributed by atoms with van der Waals surface area (Å²) in [6.45, 7) is 3.02. The fourth-order valence-electron chi connectivity index (χ4n) is 1.17. The molecule has 7 nitrogen and oxygen atoms in total. The molecule has 0 aromatic carbocycles. The summed E-state index contributed by atoms with van der Waals surface area (Å²) in [7, 11) is -1.93. The number of nitrogens with two attached hydrogens (primary N) is 1. The lowest BCUT2D eigenvalue weighted by atomic mass is 10.2. The molecule has 0 fully saturated rings. The van der Waals surface area contributed by atoms with Crippen molar-refractivity contribution >= 4 is 21.6 Å². The molecule has 0 spiro atoms. The van der Waals surface area contributed by atoms with Gasteiger partial charge in [-0.1, -0.05) is 5.16 Å². The van der Waals surface area contributed by atoms with E-state index in [2.05, 4.69) is 5.16 Å². The van der Waals surface area contributed by atoms with Crippen molar-refractivity contribution in [2.45, 2.75) is 31.6 Å². The SMILES string of the molecule is CC(CC(N)=NO)N(C)C(=O)C(C)S(C)(=O)=O. The molecule has 0 saturated heterocycles. The molecular weight excluding hydrogens is 246 g/mol. The molecule has 17 heavy (non-hydrogen) atoms. The van der Waals surface area contributed by atoms with E-state index >= 15 is 0 Å². The van der Waals surface area contributed by atoms with Crippen LogP contribution in [-0.4, -0.2) is 54.9 Å². The van der Waals surface area contributed by atoms with Crippen molar-refractivity contribution in [3.05, 3.63) is 0 Å². The number of amidine groups is 1. The molecule has 2 unspecified atom stereocenters. The minimum absolute atomic E-state index is 0.0100. The average Bonchev–Trinajstić information content (AvgIpc) is 2.24. The number of amides is 1. The van der Waals surface area contributed by atoms with Gasteiger partial charge < -0.3 is 15.8 Å². The first kappa shape index (κ1) is 15.7. The summed E-state index contributed by atoms with van der Waals surface area (Å²) >= 11 is 0. The largest absolute Gasteiger partial charge is 0.409 e. The van der Waals surface area contributed by atoms with Gasteiger partial charge in [0.15, 0.2) is 9.84 Å². The molecule has 2 atom stereocenters. The number of sulfone groups is 1. The Morgan fingerprint density at radius 1 is 1.47 bits per heavy atom. The summed E-state index contributed by atoms with van der Waals surface area (Å²) in [5.41, 5.74) is 5.32. The zero-order valence-corrected chi connectivity index (χ0v) is 11.2. The highest BCUT2D eigenvalue weighted by Gasteiger charge is 2.28. The normalized spacial score (nSPS) is 16.4. The van der Waals surface area contributed by atoms with Gasteiger partial charge in [0.05, 0.1) is 0 Å². The summed E-state index contributed by atoms with van der Waals surface area (Å²) in [4.78, 5) is 13.1. The highest BCUT2D eigenvalue weighted by atomic mass is 32.2. The monoisotopic (exact) mass is 265 g/mol. The average molecular weight is 265 g/mol. The Morgan fingerprint density at radius 2 is 1.94 bits per heavy atom. The molecule has 0 aliphatic heterocycles. The lowest BCUT2D eigenvalue weighted by molar-refractivity contribution is -0.130. The molecular formula is C9H19N3O4S. The molecule has 0 rings (SSSR count). The molecule has 1 amide bonds. The molecule has 0 heterocycles. The number of carbonyl (C=O) groups is 1. The zero-order chi connectivity index (χ0) is 13.8. The van der Waals surface area contributed by atoms with Crippen LogP contribution in [0.15, 0.2) is 5.16 Å². The van der Waals surface area contributed by atoms with Crippen molar-refractivity contribution in [1.29, 1.82) is 0 Å². The highest BCUT2D eigenvalue weighted by Crippen LogP contribution is 2.08. The van der Waals surface area contributed by atoms with E-state index in [0.29, 0.717) is 0 Å². The van der Waals surface area contributed by atoms with Crippen LogP contribution >= 0.6 is 0 Å². The first-order valence-corrected chi connectivity index (χ1v) is 6.98. The van der Waals surface area contributed by atoms with Crippen molar-refractivity contribution in [1.82, 2.24) is 4.90 Å². The Bertz CT molecular complexity index is 404. The number of hydrogen-bond acceptors (Lipinski definition) is 5. The predicted molar refractivity (Wildman–Crippen MR) is 64.6 cm³/mol. The summed E-state index contributed by atoms with van der Waals surface area (Å²) in [6, 6.07) is -0.345. The number of nitrogens with zero attached hydrogens (tertiary/aromatic N) is 2. The lowest BCUT2D eigenvalue weighted by Gasteiger charge is -2.26. The quantitative estimate of drug-likeness (QED) is 0.298. The van der Waals surface area contributed by atoms with Crippen LogP contribution in [-0.2, 0) is 14.6 Å². The molecule has 0 aliphatic rings. The molecule has 8 heteroatoms. The van der Waals surface area contributed by atoms with Gasteiger partial charge >= 0.3 is 0 Å². The van der Waals surface area contributed by atoms with E-state index in [9.17, 15) is 13.2 Å². The van der Waals surface area contributed by atoms with Crippen LogP contribution < -0.4 is 5.73 Å². The molecule has 3 N–H and O–H groups in total.